The number of rotatable bonds is 2. The van der Waals surface area contributed by atoms with Crippen molar-refractivity contribution in [3.8, 4) is 0 Å². The van der Waals surface area contributed by atoms with Gasteiger partial charge in [-0.2, -0.15) is 0 Å². The second-order valence-corrected chi connectivity index (χ2v) is 5.36. The summed E-state index contributed by atoms with van der Waals surface area (Å²) in [7, 11) is 0. The number of nitrogens with two attached hydrogens (primary N) is 1. The number of fused-ring (bicyclic) bond motifs is 1. The van der Waals surface area contributed by atoms with E-state index in [0.29, 0.717) is 5.95 Å². The van der Waals surface area contributed by atoms with Gasteiger partial charge in [0.2, 0.25) is 5.95 Å². The van der Waals surface area contributed by atoms with Crippen molar-refractivity contribution >= 4 is 17.0 Å². The highest BCUT2D eigenvalue weighted by molar-refractivity contribution is 5.79. The van der Waals surface area contributed by atoms with Gasteiger partial charge in [0.15, 0.2) is 0 Å². The van der Waals surface area contributed by atoms with E-state index in [1.54, 1.807) is 0 Å². The van der Waals surface area contributed by atoms with Crippen LogP contribution in [0.5, 0.6) is 0 Å². The van der Waals surface area contributed by atoms with Crippen molar-refractivity contribution in [3.05, 3.63) is 59.2 Å². The van der Waals surface area contributed by atoms with Crippen molar-refractivity contribution in [3.63, 3.8) is 0 Å². The molecule has 1 unspecified atom stereocenters. The number of imidazole rings is 1. The Labute approximate surface area is 119 Å². The van der Waals surface area contributed by atoms with Gasteiger partial charge >= 0.3 is 0 Å². The normalized spacial score (nSPS) is 12.8. The first-order valence-corrected chi connectivity index (χ1v) is 6.87. The molecule has 0 aliphatic heterocycles. The van der Waals surface area contributed by atoms with Gasteiger partial charge in [0, 0.05) is 0 Å². The third kappa shape index (κ3) is 1.95. The van der Waals surface area contributed by atoms with Gasteiger partial charge in [-0.25, -0.2) is 4.98 Å². The Hall–Kier alpha value is -2.29. The van der Waals surface area contributed by atoms with Crippen molar-refractivity contribution in [2.45, 2.75) is 26.8 Å². The van der Waals surface area contributed by atoms with Gasteiger partial charge in [0.25, 0.3) is 0 Å². The topological polar surface area (TPSA) is 43.8 Å². The second-order valence-electron chi connectivity index (χ2n) is 5.36. The smallest absolute Gasteiger partial charge is 0.201 e. The molecule has 20 heavy (non-hydrogen) atoms. The lowest BCUT2D eigenvalue weighted by Crippen LogP contribution is -2.11. The molecule has 3 heteroatoms. The molecule has 2 aromatic carbocycles. The van der Waals surface area contributed by atoms with Crippen LogP contribution >= 0.6 is 0 Å². The summed E-state index contributed by atoms with van der Waals surface area (Å²) in [6.07, 6.45) is 0. The van der Waals surface area contributed by atoms with Crippen molar-refractivity contribution in [2.24, 2.45) is 0 Å². The highest BCUT2D eigenvalue weighted by atomic mass is 15.2. The van der Waals surface area contributed by atoms with E-state index in [1.807, 2.05) is 0 Å². The van der Waals surface area contributed by atoms with Crippen LogP contribution in [-0.4, -0.2) is 9.55 Å². The third-order valence-corrected chi connectivity index (χ3v) is 3.90. The average molecular weight is 265 g/mol. The predicted molar refractivity (Wildman–Crippen MR) is 83.9 cm³/mol. The molecule has 3 rings (SSSR count). The lowest BCUT2D eigenvalue weighted by Gasteiger charge is -2.18. The molecule has 3 aromatic rings. The SMILES string of the molecule is Cc1ccc2c(c1)nc(N)n2C(C)c1ccccc1C. The van der Waals surface area contributed by atoms with Crippen molar-refractivity contribution < 1.29 is 0 Å². The van der Waals surface area contributed by atoms with E-state index >= 15 is 0 Å². The standard InChI is InChI=1S/C17H19N3/c1-11-8-9-16-15(10-11)19-17(18)20(16)13(3)14-7-5-4-6-12(14)2/h4-10,13H,1-3H3,(H2,18,19). The molecule has 0 aliphatic rings. The molecule has 0 amide bonds. The Morgan fingerprint density at radius 3 is 2.60 bits per heavy atom. The maximum absolute atomic E-state index is 6.14. The third-order valence-electron chi connectivity index (χ3n) is 3.90. The molecular weight excluding hydrogens is 246 g/mol. The molecule has 0 bridgehead atoms. The van der Waals surface area contributed by atoms with Gasteiger partial charge in [0.05, 0.1) is 17.1 Å². The number of nitrogen functional groups attached to an aromatic ring is 1. The van der Waals surface area contributed by atoms with Crippen LogP contribution in [0.2, 0.25) is 0 Å². The molecule has 0 saturated heterocycles. The largest absolute Gasteiger partial charge is 0.369 e. The summed E-state index contributed by atoms with van der Waals surface area (Å²) >= 11 is 0. The fraction of sp³-hybridized carbons (Fsp3) is 0.235. The van der Waals surface area contributed by atoms with Crippen molar-refractivity contribution in [1.29, 1.82) is 0 Å². The number of benzene rings is 2. The Bertz CT molecular complexity index is 771. The molecule has 0 saturated carbocycles. The quantitative estimate of drug-likeness (QED) is 0.765. The van der Waals surface area contributed by atoms with Gasteiger partial charge in [-0.3, -0.25) is 0 Å². The lowest BCUT2D eigenvalue weighted by molar-refractivity contribution is 0.663. The summed E-state index contributed by atoms with van der Waals surface area (Å²) in [5, 5.41) is 0. The first-order chi connectivity index (χ1) is 9.58. The number of hydrogen-bond acceptors (Lipinski definition) is 2. The van der Waals surface area contributed by atoms with Gasteiger partial charge < -0.3 is 10.3 Å². The number of nitrogens with zero attached hydrogens (tertiary/aromatic N) is 2. The molecule has 1 heterocycles. The van der Waals surface area contributed by atoms with Crippen LogP contribution in [0, 0.1) is 13.8 Å². The van der Waals surface area contributed by atoms with Crippen molar-refractivity contribution in [2.75, 3.05) is 5.73 Å². The van der Waals surface area contributed by atoms with Gasteiger partial charge in [-0.05, 0) is 49.6 Å². The van der Waals surface area contributed by atoms with Crippen LogP contribution in [0.1, 0.15) is 29.7 Å². The molecule has 0 radical (unpaired) electrons. The summed E-state index contributed by atoms with van der Waals surface area (Å²) < 4.78 is 2.11. The van der Waals surface area contributed by atoms with E-state index < -0.39 is 0 Å². The molecule has 0 aliphatic carbocycles. The highest BCUT2D eigenvalue weighted by Crippen LogP contribution is 2.29. The zero-order valence-electron chi connectivity index (χ0n) is 12.1. The maximum atomic E-state index is 6.14. The van der Waals surface area contributed by atoms with E-state index in [-0.39, 0.29) is 6.04 Å². The van der Waals surface area contributed by atoms with Crippen LogP contribution in [0.4, 0.5) is 5.95 Å². The first kappa shape index (κ1) is 12.7. The van der Waals surface area contributed by atoms with Crippen LogP contribution in [0.25, 0.3) is 11.0 Å². The van der Waals surface area contributed by atoms with Gasteiger partial charge in [0.1, 0.15) is 0 Å². The minimum atomic E-state index is 0.170. The molecule has 0 spiro atoms. The first-order valence-electron chi connectivity index (χ1n) is 6.87. The molecule has 3 nitrogen and oxygen atoms in total. The molecule has 1 aromatic heterocycles. The number of anilines is 1. The van der Waals surface area contributed by atoms with E-state index in [4.69, 9.17) is 5.73 Å². The number of aromatic nitrogens is 2. The Balaban J connectivity index is 2.19. The Morgan fingerprint density at radius 2 is 1.85 bits per heavy atom. The molecule has 2 N–H and O–H groups in total. The van der Waals surface area contributed by atoms with Crippen LogP contribution < -0.4 is 5.73 Å². The van der Waals surface area contributed by atoms with Crippen LogP contribution in [0.3, 0.4) is 0 Å². The van der Waals surface area contributed by atoms with E-state index in [0.717, 1.165) is 11.0 Å². The fourth-order valence-electron chi connectivity index (χ4n) is 2.83. The van der Waals surface area contributed by atoms with E-state index in [1.165, 1.54) is 16.7 Å². The minimum absolute atomic E-state index is 0.170. The summed E-state index contributed by atoms with van der Waals surface area (Å²) in [6, 6.07) is 14.9. The Kier molecular flexibility index (Phi) is 2.97. The Morgan fingerprint density at radius 1 is 1.10 bits per heavy atom. The highest BCUT2D eigenvalue weighted by Gasteiger charge is 2.16. The molecule has 0 fully saturated rings. The van der Waals surface area contributed by atoms with Crippen LogP contribution in [-0.2, 0) is 0 Å². The zero-order valence-corrected chi connectivity index (χ0v) is 12.1. The summed E-state index contributed by atoms with van der Waals surface area (Å²) in [5.41, 5.74) is 11.9. The molecule has 1 atom stereocenters. The average Bonchev–Trinajstić information content (AvgIpc) is 2.73. The van der Waals surface area contributed by atoms with E-state index in [2.05, 4.69) is 72.8 Å². The number of hydrogen-bond donors (Lipinski definition) is 1. The van der Waals surface area contributed by atoms with Gasteiger partial charge in [-0.1, -0.05) is 30.3 Å². The minimum Gasteiger partial charge on any atom is -0.369 e. The molecular formula is C17H19N3. The monoisotopic (exact) mass is 265 g/mol. The lowest BCUT2D eigenvalue weighted by atomic mass is 10.0. The fourth-order valence-corrected chi connectivity index (χ4v) is 2.83. The molecule has 102 valence electrons. The maximum Gasteiger partial charge on any atom is 0.201 e. The van der Waals surface area contributed by atoms with E-state index in [9.17, 15) is 0 Å². The summed E-state index contributed by atoms with van der Waals surface area (Å²) in [5.74, 6) is 0.571. The van der Waals surface area contributed by atoms with Gasteiger partial charge in [-0.15, -0.1) is 0 Å². The second kappa shape index (κ2) is 4.67. The summed E-state index contributed by atoms with van der Waals surface area (Å²) in [6.45, 7) is 6.37. The predicted octanol–water partition coefficient (Wildman–Crippen LogP) is 3.84. The zero-order chi connectivity index (χ0) is 14.3. The van der Waals surface area contributed by atoms with Crippen molar-refractivity contribution in [1.82, 2.24) is 9.55 Å². The summed E-state index contributed by atoms with van der Waals surface area (Å²) in [4.78, 5) is 4.49. The number of aryl methyl sites for hydroxylation is 2. The van der Waals surface area contributed by atoms with Crippen LogP contribution in [0.15, 0.2) is 42.5 Å².